The number of para-hydroxylation sites is 2. The van der Waals surface area contributed by atoms with E-state index < -0.39 is 0 Å². The molecule has 4 nitrogen and oxygen atoms in total. The monoisotopic (exact) mass is 1190 g/mol. The molecule has 16 aromatic rings. The Morgan fingerprint density at radius 1 is 0.194 bits per heavy atom. The van der Waals surface area contributed by atoms with Gasteiger partial charge in [-0.05, 0) is 204 Å². The van der Waals surface area contributed by atoms with Crippen molar-refractivity contribution in [3.63, 3.8) is 0 Å². The molecule has 0 aliphatic rings. The molecule has 0 radical (unpaired) electrons. The van der Waals surface area contributed by atoms with Gasteiger partial charge in [-0.2, -0.15) is 0 Å². The van der Waals surface area contributed by atoms with E-state index in [2.05, 4.69) is 399 Å². The number of hydrogen-bond donors (Lipinski definition) is 0. The Morgan fingerprint density at radius 3 is 0.935 bits per heavy atom. The molecule has 16 rings (SSSR count). The molecule has 0 atom stereocenters. The number of benzene rings is 16. The van der Waals surface area contributed by atoms with Crippen LogP contribution in [0.3, 0.4) is 0 Å². The van der Waals surface area contributed by atoms with Crippen LogP contribution in [0.5, 0.6) is 0 Å². The zero-order chi connectivity index (χ0) is 62.6. The lowest BCUT2D eigenvalue weighted by atomic mass is 9.89. The van der Waals surface area contributed by atoms with Crippen LogP contribution in [0.1, 0.15) is 5.56 Å². The molecule has 0 N–H and O–H groups in total. The maximum Gasteiger partial charge on any atom is 0.0488 e. The van der Waals surface area contributed by atoms with Gasteiger partial charge >= 0.3 is 0 Å². The zero-order valence-electron chi connectivity index (χ0n) is 52.4. The molecule has 16 aromatic carbocycles. The first-order valence-electron chi connectivity index (χ1n) is 31.9. The first-order valence-corrected chi connectivity index (χ1v) is 31.9. The van der Waals surface area contributed by atoms with Crippen molar-refractivity contribution >= 4 is 100.0 Å². The molecule has 0 fully saturated rings. The first kappa shape index (κ1) is 57.5. The van der Waals surface area contributed by atoms with Crippen LogP contribution in [0.2, 0.25) is 0 Å². The van der Waals surface area contributed by atoms with Gasteiger partial charge < -0.3 is 19.6 Å². The van der Waals surface area contributed by atoms with Crippen LogP contribution < -0.4 is 19.6 Å². The van der Waals surface area contributed by atoms with E-state index in [1.165, 1.54) is 105 Å². The fraction of sp³-hybridized carbons (Fsp3) is 0.0337. The van der Waals surface area contributed by atoms with Crippen molar-refractivity contribution in [3.05, 3.63) is 363 Å². The standard InChI is InChI=1S/C51H36N2.C38H32N2/c1-52(49-33-32-47-45-21-10-15-38-14-9-20-44(50(38)45)46-22-11-23-48(49)51(46)47)40-28-24-36(25-29-40)37-26-30-42(31-27-37)53(41-17-6-3-7-18-41)43-19-8-16-39(34-43)35-12-4-2-5-13-35;1-29-16-22-34(23-17-29)39(2)35-24-18-31(19-25-35)32-20-26-37(27-21-32)40(36-13-7-4-8-14-36)38-15-9-12-33(28-38)30-10-5-3-6-11-30/h2-34H,1H3;3-28H,1-2H3. The minimum Gasteiger partial charge on any atom is -0.345 e. The van der Waals surface area contributed by atoms with Crippen molar-refractivity contribution in [2.45, 2.75) is 6.92 Å². The maximum atomic E-state index is 2.33. The minimum atomic E-state index is 1.11. The second-order valence-electron chi connectivity index (χ2n) is 23.9. The van der Waals surface area contributed by atoms with E-state index >= 15 is 0 Å². The van der Waals surface area contributed by atoms with Crippen molar-refractivity contribution in [2.24, 2.45) is 0 Å². The summed E-state index contributed by atoms with van der Waals surface area (Å²) >= 11 is 0. The largest absolute Gasteiger partial charge is 0.345 e. The van der Waals surface area contributed by atoms with Crippen molar-refractivity contribution in [2.75, 3.05) is 33.7 Å². The topological polar surface area (TPSA) is 13.0 Å². The minimum absolute atomic E-state index is 1.11. The summed E-state index contributed by atoms with van der Waals surface area (Å²) in [5, 5.41) is 10.5. The first-order chi connectivity index (χ1) is 45.9. The van der Waals surface area contributed by atoms with E-state index in [4.69, 9.17) is 0 Å². The Kier molecular flexibility index (Phi) is 15.7. The number of rotatable bonds is 14. The molecular weight excluding hydrogens is 1130 g/mol. The van der Waals surface area contributed by atoms with Gasteiger partial charge in [-0.15, -0.1) is 0 Å². The van der Waals surface area contributed by atoms with Crippen LogP contribution in [0.4, 0.5) is 56.9 Å². The third kappa shape index (κ3) is 11.6. The molecule has 0 heterocycles. The van der Waals surface area contributed by atoms with Crippen LogP contribution in [0, 0.1) is 6.92 Å². The summed E-state index contributed by atoms with van der Waals surface area (Å²) in [4.78, 5) is 9.18. The molecule has 0 saturated heterocycles. The highest BCUT2D eigenvalue weighted by Gasteiger charge is 2.19. The zero-order valence-corrected chi connectivity index (χ0v) is 52.4. The maximum absolute atomic E-state index is 2.33. The average molecular weight is 1190 g/mol. The molecule has 0 bridgehead atoms. The Bertz CT molecular complexity index is 5140. The van der Waals surface area contributed by atoms with Crippen molar-refractivity contribution in [3.8, 4) is 44.5 Å². The van der Waals surface area contributed by atoms with Crippen molar-refractivity contribution in [1.82, 2.24) is 0 Å². The van der Waals surface area contributed by atoms with Gasteiger partial charge in [-0.3, -0.25) is 0 Å². The van der Waals surface area contributed by atoms with E-state index in [0.29, 0.717) is 0 Å². The summed E-state index contributed by atoms with van der Waals surface area (Å²) in [5.74, 6) is 0. The van der Waals surface area contributed by atoms with Crippen LogP contribution >= 0.6 is 0 Å². The summed E-state index contributed by atoms with van der Waals surface area (Å²) in [7, 11) is 4.29. The Hall–Kier alpha value is -12.0. The third-order valence-corrected chi connectivity index (χ3v) is 18.2. The SMILES string of the molecule is CN(c1ccc(-c2ccc(N(c3ccccc3)c3cccc(-c4ccccc4)c3)cc2)cc1)c1ccc2c3cccc4cccc(c5cccc1c52)c43.Cc1ccc(N(C)c2ccc(-c3ccc(N(c4ccccc4)c4cccc(-c5ccccc5)c4)cc3)cc2)cc1. The third-order valence-electron chi connectivity index (χ3n) is 18.2. The highest BCUT2D eigenvalue weighted by molar-refractivity contribution is 6.34. The van der Waals surface area contributed by atoms with Gasteiger partial charge in [0.15, 0.2) is 0 Å². The van der Waals surface area contributed by atoms with Gasteiger partial charge in [0.1, 0.15) is 0 Å². The molecule has 93 heavy (non-hydrogen) atoms. The number of anilines is 10. The van der Waals surface area contributed by atoms with Crippen LogP contribution in [-0.4, -0.2) is 14.1 Å². The second-order valence-corrected chi connectivity index (χ2v) is 23.9. The molecule has 0 aliphatic heterocycles. The number of aryl methyl sites for hydroxylation is 1. The summed E-state index contributed by atoms with van der Waals surface area (Å²) in [5.41, 5.74) is 22.3. The van der Waals surface area contributed by atoms with Gasteiger partial charge in [-0.25, -0.2) is 0 Å². The Balaban J connectivity index is 0.000000160. The van der Waals surface area contributed by atoms with Crippen LogP contribution in [0.25, 0.3) is 87.6 Å². The summed E-state index contributed by atoms with van der Waals surface area (Å²) in [6, 6.07) is 129. The van der Waals surface area contributed by atoms with Crippen LogP contribution in [-0.2, 0) is 0 Å². The lowest BCUT2D eigenvalue weighted by Crippen LogP contribution is -2.10. The van der Waals surface area contributed by atoms with Gasteiger partial charge in [0.05, 0.1) is 0 Å². The predicted octanol–water partition coefficient (Wildman–Crippen LogP) is 24.9. The van der Waals surface area contributed by atoms with Gasteiger partial charge in [-0.1, -0.05) is 248 Å². The number of hydrogen-bond acceptors (Lipinski definition) is 4. The quantitative estimate of drug-likeness (QED) is 0.0795. The fourth-order valence-electron chi connectivity index (χ4n) is 13.3. The molecule has 0 saturated carbocycles. The fourth-order valence-corrected chi connectivity index (χ4v) is 13.3. The van der Waals surface area contributed by atoms with Gasteiger partial charge in [0.25, 0.3) is 0 Å². The Morgan fingerprint density at radius 2 is 0.495 bits per heavy atom. The molecule has 0 amide bonds. The van der Waals surface area contributed by atoms with Crippen LogP contribution in [0.15, 0.2) is 358 Å². The predicted molar refractivity (Wildman–Crippen MR) is 399 cm³/mol. The molecule has 0 unspecified atom stereocenters. The smallest absolute Gasteiger partial charge is 0.0488 e. The molecule has 0 aromatic heterocycles. The Labute approximate surface area is 545 Å². The molecule has 0 aliphatic carbocycles. The lowest BCUT2D eigenvalue weighted by molar-refractivity contribution is 1.20. The second kappa shape index (κ2) is 25.5. The molecule has 0 spiro atoms. The van der Waals surface area contributed by atoms with Crippen molar-refractivity contribution < 1.29 is 0 Å². The average Bonchev–Trinajstić information content (AvgIpc) is 0.736. The van der Waals surface area contributed by atoms with E-state index in [1.807, 2.05) is 0 Å². The summed E-state index contributed by atoms with van der Waals surface area (Å²) < 4.78 is 0. The van der Waals surface area contributed by atoms with E-state index in [0.717, 1.165) is 45.5 Å². The highest BCUT2D eigenvalue weighted by atomic mass is 15.1. The number of fused-ring (bicyclic) bond motifs is 2. The molecule has 444 valence electrons. The van der Waals surface area contributed by atoms with E-state index in [-0.39, 0.29) is 0 Å². The lowest BCUT2D eigenvalue weighted by Gasteiger charge is -2.26. The molecule has 4 heteroatoms. The van der Waals surface area contributed by atoms with Gasteiger partial charge in [0.2, 0.25) is 0 Å². The normalized spacial score (nSPS) is 11.2. The van der Waals surface area contributed by atoms with Crippen molar-refractivity contribution in [1.29, 1.82) is 0 Å². The van der Waals surface area contributed by atoms with Gasteiger partial charge in [0, 0.05) is 76.4 Å². The van der Waals surface area contributed by atoms with E-state index in [1.54, 1.807) is 0 Å². The number of nitrogens with zero attached hydrogens (tertiary/aromatic N) is 4. The van der Waals surface area contributed by atoms with E-state index in [9.17, 15) is 0 Å². The highest BCUT2D eigenvalue weighted by Crippen LogP contribution is 2.45. The summed E-state index contributed by atoms with van der Waals surface area (Å²) in [6.07, 6.45) is 0. The molecular formula is C89H68N4. The summed E-state index contributed by atoms with van der Waals surface area (Å²) in [6.45, 7) is 2.12.